The molecule has 0 fully saturated rings. The van der Waals surface area contributed by atoms with Gasteiger partial charge in [0.05, 0.1) is 6.54 Å². The Bertz CT molecular complexity index is 687. The quantitative estimate of drug-likeness (QED) is 0.856. The fourth-order valence-electron chi connectivity index (χ4n) is 1.91. The molecule has 0 spiro atoms. The molecule has 1 amide bonds. The van der Waals surface area contributed by atoms with Crippen LogP contribution in [0.1, 0.15) is 28.0 Å². The van der Waals surface area contributed by atoms with Crippen molar-refractivity contribution in [1.82, 2.24) is 10.3 Å². The van der Waals surface area contributed by atoms with Crippen LogP contribution in [-0.2, 0) is 17.8 Å². The van der Waals surface area contributed by atoms with Crippen LogP contribution in [0.15, 0.2) is 29.6 Å². The summed E-state index contributed by atoms with van der Waals surface area (Å²) < 4.78 is 13.5. The standard InChI is InChI=1S/C15H15FN2O3S/c1-9(6-10-4-2-3-5-11(10)16)14(19)17-7-13-18-12(8-22-13)15(20)21/h2-5,8-9H,6-7H2,1H3,(H,17,19)(H,20,21). The number of carboxylic acids is 1. The summed E-state index contributed by atoms with van der Waals surface area (Å²) >= 11 is 1.17. The molecule has 1 unspecified atom stereocenters. The number of nitrogens with zero attached hydrogens (tertiary/aromatic N) is 1. The Labute approximate surface area is 130 Å². The SMILES string of the molecule is CC(Cc1ccccc1F)C(=O)NCc1nc(C(=O)O)cs1. The van der Waals surface area contributed by atoms with Crippen molar-refractivity contribution in [2.75, 3.05) is 0 Å². The smallest absolute Gasteiger partial charge is 0.355 e. The maximum atomic E-state index is 13.5. The van der Waals surface area contributed by atoms with Gasteiger partial charge in [-0.1, -0.05) is 25.1 Å². The number of aromatic carboxylic acids is 1. The molecule has 0 aliphatic carbocycles. The average Bonchev–Trinajstić information content (AvgIpc) is 2.96. The molecule has 0 bridgehead atoms. The van der Waals surface area contributed by atoms with Gasteiger partial charge >= 0.3 is 5.97 Å². The molecule has 2 rings (SSSR count). The van der Waals surface area contributed by atoms with Crippen molar-refractivity contribution in [3.63, 3.8) is 0 Å². The Hall–Kier alpha value is -2.28. The van der Waals surface area contributed by atoms with Crippen LogP contribution in [0.3, 0.4) is 0 Å². The second-order valence-electron chi connectivity index (χ2n) is 4.85. The second kappa shape index (κ2) is 7.13. The molecule has 0 saturated heterocycles. The molecule has 2 aromatic rings. The number of halogens is 1. The minimum absolute atomic E-state index is 0.0337. The topological polar surface area (TPSA) is 79.3 Å². The van der Waals surface area contributed by atoms with E-state index in [4.69, 9.17) is 5.11 Å². The Morgan fingerprint density at radius 1 is 1.41 bits per heavy atom. The summed E-state index contributed by atoms with van der Waals surface area (Å²) in [5.41, 5.74) is 0.459. The summed E-state index contributed by atoms with van der Waals surface area (Å²) in [6, 6.07) is 6.35. The minimum atomic E-state index is -1.10. The van der Waals surface area contributed by atoms with Crippen LogP contribution in [0.2, 0.25) is 0 Å². The third-order valence-electron chi connectivity index (χ3n) is 3.12. The van der Waals surface area contributed by atoms with Crippen LogP contribution in [0, 0.1) is 11.7 Å². The van der Waals surface area contributed by atoms with E-state index in [2.05, 4.69) is 10.3 Å². The zero-order valence-corrected chi connectivity index (χ0v) is 12.7. The van der Waals surface area contributed by atoms with Gasteiger partial charge in [-0.05, 0) is 18.1 Å². The summed E-state index contributed by atoms with van der Waals surface area (Å²) in [7, 11) is 0. The lowest BCUT2D eigenvalue weighted by Gasteiger charge is -2.12. The minimum Gasteiger partial charge on any atom is -0.476 e. The molecule has 1 aromatic heterocycles. The number of hydrogen-bond donors (Lipinski definition) is 2. The molecule has 1 heterocycles. The van der Waals surface area contributed by atoms with Crippen molar-refractivity contribution in [1.29, 1.82) is 0 Å². The summed E-state index contributed by atoms with van der Waals surface area (Å²) in [6.45, 7) is 1.88. The summed E-state index contributed by atoms with van der Waals surface area (Å²) in [5, 5.41) is 13.4. The molecule has 7 heteroatoms. The largest absolute Gasteiger partial charge is 0.476 e. The van der Waals surface area contributed by atoms with Gasteiger partial charge in [0, 0.05) is 11.3 Å². The van der Waals surface area contributed by atoms with E-state index >= 15 is 0 Å². The van der Waals surface area contributed by atoms with Gasteiger partial charge in [0.1, 0.15) is 10.8 Å². The summed E-state index contributed by atoms with van der Waals surface area (Å²) in [6.07, 6.45) is 0.302. The molecule has 0 aliphatic rings. The number of hydrogen-bond acceptors (Lipinski definition) is 4. The van der Waals surface area contributed by atoms with Gasteiger partial charge in [0.25, 0.3) is 0 Å². The number of aromatic nitrogens is 1. The molecule has 22 heavy (non-hydrogen) atoms. The van der Waals surface area contributed by atoms with Crippen molar-refractivity contribution >= 4 is 23.2 Å². The van der Waals surface area contributed by atoms with Crippen LogP contribution < -0.4 is 5.32 Å². The van der Waals surface area contributed by atoms with Crippen LogP contribution >= 0.6 is 11.3 Å². The van der Waals surface area contributed by atoms with Gasteiger partial charge in [-0.15, -0.1) is 11.3 Å². The highest BCUT2D eigenvalue weighted by Crippen LogP contribution is 2.13. The fourth-order valence-corrected chi connectivity index (χ4v) is 2.62. The van der Waals surface area contributed by atoms with E-state index in [0.29, 0.717) is 17.0 Å². The number of rotatable bonds is 6. The van der Waals surface area contributed by atoms with Crippen LogP contribution in [0.25, 0.3) is 0 Å². The summed E-state index contributed by atoms with van der Waals surface area (Å²) in [5.74, 6) is -2.04. The molecule has 1 aromatic carbocycles. The predicted octanol–water partition coefficient (Wildman–Crippen LogP) is 2.48. The van der Waals surface area contributed by atoms with Gasteiger partial charge in [0.2, 0.25) is 5.91 Å². The Morgan fingerprint density at radius 2 is 2.14 bits per heavy atom. The fraction of sp³-hybridized carbons (Fsp3) is 0.267. The second-order valence-corrected chi connectivity index (χ2v) is 5.79. The number of carbonyl (C=O) groups is 2. The van der Waals surface area contributed by atoms with Gasteiger partial charge < -0.3 is 10.4 Å². The van der Waals surface area contributed by atoms with Crippen LogP contribution in [0.4, 0.5) is 4.39 Å². The normalized spacial score (nSPS) is 11.9. The van der Waals surface area contributed by atoms with Gasteiger partial charge in [-0.2, -0.15) is 0 Å². The van der Waals surface area contributed by atoms with Gasteiger partial charge in [-0.3, -0.25) is 4.79 Å². The van der Waals surface area contributed by atoms with Crippen molar-refractivity contribution in [2.24, 2.45) is 5.92 Å². The zero-order chi connectivity index (χ0) is 16.1. The average molecular weight is 322 g/mol. The van der Waals surface area contributed by atoms with E-state index in [1.54, 1.807) is 25.1 Å². The highest BCUT2D eigenvalue weighted by atomic mass is 32.1. The molecule has 2 N–H and O–H groups in total. The lowest BCUT2D eigenvalue weighted by Crippen LogP contribution is -2.30. The number of benzene rings is 1. The first kappa shape index (κ1) is 16.1. The van der Waals surface area contributed by atoms with Crippen molar-refractivity contribution in [3.05, 3.63) is 51.7 Å². The van der Waals surface area contributed by atoms with Gasteiger partial charge in [-0.25, -0.2) is 14.2 Å². The van der Waals surface area contributed by atoms with E-state index < -0.39 is 11.9 Å². The highest BCUT2D eigenvalue weighted by molar-refractivity contribution is 7.09. The molecule has 0 radical (unpaired) electrons. The monoisotopic (exact) mass is 322 g/mol. The predicted molar refractivity (Wildman–Crippen MR) is 80.2 cm³/mol. The number of amides is 1. The molecule has 116 valence electrons. The van der Waals surface area contributed by atoms with Crippen molar-refractivity contribution in [2.45, 2.75) is 19.9 Å². The Kier molecular flexibility index (Phi) is 5.21. The first-order chi connectivity index (χ1) is 10.5. The molecule has 5 nitrogen and oxygen atoms in total. The lowest BCUT2D eigenvalue weighted by atomic mass is 10.00. The van der Waals surface area contributed by atoms with Crippen molar-refractivity contribution in [3.8, 4) is 0 Å². The van der Waals surface area contributed by atoms with E-state index in [-0.39, 0.29) is 24.0 Å². The Morgan fingerprint density at radius 3 is 2.77 bits per heavy atom. The zero-order valence-electron chi connectivity index (χ0n) is 11.9. The van der Waals surface area contributed by atoms with E-state index in [9.17, 15) is 14.0 Å². The van der Waals surface area contributed by atoms with E-state index in [1.807, 2.05) is 0 Å². The van der Waals surface area contributed by atoms with Crippen molar-refractivity contribution < 1.29 is 19.1 Å². The molecular formula is C15H15FN2O3S. The highest BCUT2D eigenvalue weighted by Gasteiger charge is 2.16. The first-order valence-corrected chi connectivity index (χ1v) is 7.54. The number of carbonyl (C=O) groups excluding carboxylic acids is 1. The molecule has 1 atom stereocenters. The van der Waals surface area contributed by atoms with Gasteiger partial charge in [0.15, 0.2) is 5.69 Å². The Balaban J connectivity index is 1.88. The molecular weight excluding hydrogens is 307 g/mol. The summed E-state index contributed by atoms with van der Waals surface area (Å²) in [4.78, 5) is 26.6. The van der Waals surface area contributed by atoms with E-state index in [1.165, 1.54) is 22.8 Å². The lowest BCUT2D eigenvalue weighted by molar-refractivity contribution is -0.124. The number of nitrogens with one attached hydrogen (secondary N) is 1. The maximum Gasteiger partial charge on any atom is 0.355 e. The van der Waals surface area contributed by atoms with Crippen LogP contribution in [0.5, 0.6) is 0 Å². The first-order valence-electron chi connectivity index (χ1n) is 6.66. The molecule has 0 aliphatic heterocycles. The van der Waals surface area contributed by atoms with Crippen LogP contribution in [-0.4, -0.2) is 22.0 Å². The number of thiazole rings is 1. The third kappa shape index (κ3) is 4.11. The number of carboxylic acid groups (broad SMARTS) is 1. The third-order valence-corrected chi connectivity index (χ3v) is 3.97. The molecule has 0 saturated carbocycles. The maximum absolute atomic E-state index is 13.5. The van der Waals surface area contributed by atoms with E-state index in [0.717, 1.165) is 0 Å².